The number of aryl methyl sites for hydroxylation is 1. The molecule has 0 aliphatic heterocycles. The first kappa shape index (κ1) is 11.8. The molecule has 0 spiro atoms. The third-order valence-corrected chi connectivity index (χ3v) is 1.74. The molecule has 1 rings (SSSR count). The van der Waals surface area contributed by atoms with Crippen molar-refractivity contribution in [2.45, 2.75) is 13.8 Å². The van der Waals surface area contributed by atoms with Crippen molar-refractivity contribution in [2.24, 2.45) is 0 Å². The summed E-state index contributed by atoms with van der Waals surface area (Å²) in [5.74, 6) is -0.833. The molecule has 0 heterocycles. The summed E-state index contributed by atoms with van der Waals surface area (Å²) in [6.07, 6.45) is 0. The van der Waals surface area contributed by atoms with Crippen LogP contribution in [-0.2, 0) is 4.79 Å². The molecule has 0 aliphatic rings. The fraction of sp³-hybridized carbons (Fsp3) is 0.222. The molecule has 0 atom stereocenters. The van der Waals surface area contributed by atoms with E-state index in [2.05, 4.69) is 0 Å². The summed E-state index contributed by atoms with van der Waals surface area (Å²) < 4.78 is 0. The van der Waals surface area contributed by atoms with E-state index < -0.39 is 5.97 Å². The molecule has 0 bridgehead atoms. The molecule has 0 saturated heterocycles. The van der Waals surface area contributed by atoms with Gasteiger partial charge in [0.15, 0.2) is 0 Å². The molecule has 72 valence electrons. The molecule has 0 fully saturated rings. The molecular formula is C9H12ClNO2. The van der Waals surface area contributed by atoms with E-state index in [1.807, 2.05) is 19.1 Å². The Balaban J connectivity index is 0.000000310. The maximum Gasteiger partial charge on any atom is 0.300 e. The Morgan fingerprint density at radius 1 is 1.54 bits per heavy atom. The Morgan fingerprint density at radius 2 is 2.00 bits per heavy atom. The van der Waals surface area contributed by atoms with Gasteiger partial charge in [-0.3, -0.25) is 4.79 Å². The lowest BCUT2D eigenvalue weighted by Gasteiger charge is -1.98. The van der Waals surface area contributed by atoms with E-state index in [9.17, 15) is 0 Å². The summed E-state index contributed by atoms with van der Waals surface area (Å²) in [5.41, 5.74) is 7.16. The molecule has 0 radical (unpaired) electrons. The van der Waals surface area contributed by atoms with E-state index in [1.54, 1.807) is 6.07 Å². The Bertz CT molecular complexity index is 275. The van der Waals surface area contributed by atoms with Gasteiger partial charge in [0.1, 0.15) is 0 Å². The average Bonchev–Trinajstić information content (AvgIpc) is 1.99. The van der Waals surface area contributed by atoms with Crippen molar-refractivity contribution in [1.82, 2.24) is 0 Å². The van der Waals surface area contributed by atoms with Gasteiger partial charge < -0.3 is 10.8 Å². The zero-order valence-electron chi connectivity index (χ0n) is 7.54. The van der Waals surface area contributed by atoms with Crippen LogP contribution in [0.15, 0.2) is 18.2 Å². The smallest absolute Gasteiger partial charge is 0.300 e. The van der Waals surface area contributed by atoms with Crippen molar-refractivity contribution in [3.8, 4) is 0 Å². The second-order valence-electron chi connectivity index (χ2n) is 2.50. The number of carboxylic acids is 1. The first-order valence-corrected chi connectivity index (χ1v) is 4.03. The highest BCUT2D eigenvalue weighted by Crippen LogP contribution is 2.21. The van der Waals surface area contributed by atoms with Crippen molar-refractivity contribution < 1.29 is 9.90 Å². The molecule has 0 aliphatic carbocycles. The summed E-state index contributed by atoms with van der Waals surface area (Å²) in [4.78, 5) is 9.00. The largest absolute Gasteiger partial charge is 0.481 e. The third-order valence-electron chi connectivity index (χ3n) is 1.22. The minimum Gasteiger partial charge on any atom is -0.481 e. The van der Waals surface area contributed by atoms with Crippen LogP contribution in [0.4, 0.5) is 5.69 Å². The predicted molar refractivity (Wildman–Crippen MR) is 53.9 cm³/mol. The minimum absolute atomic E-state index is 0.650. The van der Waals surface area contributed by atoms with Gasteiger partial charge in [0, 0.05) is 6.92 Å². The number of anilines is 1. The second-order valence-corrected chi connectivity index (χ2v) is 2.88. The van der Waals surface area contributed by atoms with Gasteiger partial charge in [-0.1, -0.05) is 23.7 Å². The number of hydrogen-bond acceptors (Lipinski definition) is 2. The molecular weight excluding hydrogens is 190 g/mol. The van der Waals surface area contributed by atoms with Crippen molar-refractivity contribution in [2.75, 3.05) is 5.73 Å². The molecule has 3 nitrogen and oxygen atoms in total. The van der Waals surface area contributed by atoms with Crippen molar-refractivity contribution in [3.63, 3.8) is 0 Å². The highest BCUT2D eigenvalue weighted by molar-refractivity contribution is 6.33. The van der Waals surface area contributed by atoms with Gasteiger partial charge in [-0.05, 0) is 18.6 Å². The minimum atomic E-state index is -0.833. The van der Waals surface area contributed by atoms with E-state index in [0.717, 1.165) is 12.5 Å². The molecule has 4 heteroatoms. The van der Waals surface area contributed by atoms with Gasteiger partial charge >= 0.3 is 0 Å². The third kappa shape index (κ3) is 5.09. The van der Waals surface area contributed by atoms with Crippen LogP contribution in [0.25, 0.3) is 0 Å². The Morgan fingerprint density at radius 3 is 2.31 bits per heavy atom. The molecule has 0 unspecified atom stereocenters. The summed E-state index contributed by atoms with van der Waals surface area (Å²) in [6.45, 7) is 3.01. The normalized spacial score (nSPS) is 8.54. The van der Waals surface area contributed by atoms with E-state index in [1.165, 1.54) is 0 Å². The highest BCUT2D eigenvalue weighted by Gasteiger charge is 1.95. The monoisotopic (exact) mass is 201 g/mol. The number of carboxylic acid groups (broad SMARTS) is 1. The van der Waals surface area contributed by atoms with Crippen molar-refractivity contribution in [3.05, 3.63) is 28.8 Å². The van der Waals surface area contributed by atoms with Crippen LogP contribution in [0.3, 0.4) is 0 Å². The molecule has 0 saturated carbocycles. The molecule has 1 aromatic carbocycles. The van der Waals surface area contributed by atoms with Gasteiger partial charge in [0.05, 0.1) is 10.7 Å². The van der Waals surface area contributed by atoms with Gasteiger partial charge in [0.2, 0.25) is 0 Å². The first-order chi connectivity index (χ1) is 5.95. The van der Waals surface area contributed by atoms with Crippen LogP contribution in [0.1, 0.15) is 12.5 Å². The number of benzene rings is 1. The van der Waals surface area contributed by atoms with E-state index in [-0.39, 0.29) is 0 Å². The summed E-state index contributed by atoms with van der Waals surface area (Å²) in [7, 11) is 0. The second kappa shape index (κ2) is 5.43. The lowest BCUT2D eigenvalue weighted by atomic mass is 10.2. The Kier molecular flexibility index (Phi) is 4.92. The van der Waals surface area contributed by atoms with Gasteiger partial charge in [-0.15, -0.1) is 0 Å². The number of halogens is 1. The quantitative estimate of drug-likeness (QED) is 0.634. The zero-order valence-corrected chi connectivity index (χ0v) is 8.30. The molecule has 0 amide bonds. The SMILES string of the molecule is CC(=O)O.Cc1cccc(N)c1Cl. The van der Waals surface area contributed by atoms with E-state index >= 15 is 0 Å². The Hall–Kier alpha value is -1.22. The van der Waals surface area contributed by atoms with Gasteiger partial charge in [0.25, 0.3) is 5.97 Å². The number of nitrogens with two attached hydrogens (primary N) is 1. The fourth-order valence-corrected chi connectivity index (χ4v) is 0.796. The summed E-state index contributed by atoms with van der Waals surface area (Å²) in [6, 6.07) is 5.60. The molecule has 13 heavy (non-hydrogen) atoms. The number of rotatable bonds is 0. The summed E-state index contributed by atoms with van der Waals surface area (Å²) >= 11 is 5.75. The standard InChI is InChI=1S/C7H8ClN.C2H4O2/c1-5-3-2-4-6(9)7(5)8;1-2(3)4/h2-4H,9H2,1H3;1H3,(H,3,4). The number of carbonyl (C=O) groups is 1. The van der Waals surface area contributed by atoms with Gasteiger partial charge in [-0.2, -0.15) is 0 Å². The molecule has 0 aromatic heterocycles. The van der Waals surface area contributed by atoms with Crippen molar-refractivity contribution >= 4 is 23.3 Å². The highest BCUT2D eigenvalue weighted by atomic mass is 35.5. The average molecular weight is 202 g/mol. The maximum atomic E-state index is 9.00. The fourth-order valence-electron chi connectivity index (χ4n) is 0.670. The van der Waals surface area contributed by atoms with Crippen LogP contribution < -0.4 is 5.73 Å². The van der Waals surface area contributed by atoms with E-state index in [0.29, 0.717) is 10.7 Å². The van der Waals surface area contributed by atoms with Crippen LogP contribution in [0, 0.1) is 6.92 Å². The lowest BCUT2D eigenvalue weighted by Crippen LogP contribution is -1.86. The van der Waals surface area contributed by atoms with Gasteiger partial charge in [-0.25, -0.2) is 0 Å². The van der Waals surface area contributed by atoms with Crippen LogP contribution in [0.2, 0.25) is 5.02 Å². The molecule has 1 aromatic rings. The topological polar surface area (TPSA) is 63.3 Å². The molecule has 3 N–H and O–H groups in total. The van der Waals surface area contributed by atoms with Crippen LogP contribution in [0.5, 0.6) is 0 Å². The zero-order chi connectivity index (χ0) is 10.4. The van der Waals surface area contributed by atoms with Crippen LogP contribution >= 0.6 is 11.6 Å². The van der Waals surface area contributed by atoms with E-state index in [4.69, 9.17) is 27.2 Å². The number of nitrogen functional groups attached to an aromatic ring is 1. The summed E-state index contributed by atoms with van der Waals surface area (Å²) in [5, 5.41) is 8.08. The number of hydrogen-bond donors (Lipinski definition) is 2. The Labute approximate surface area is 82.1 Å². The number of aliphatic carboxylic acids is 1. The van der Waals surface area contributed by atoms with Crippen molar-refractivity contribution in [1.29, 1.82) is 0 Å². The first-order valence-electron chi connectivity index (χ1n) is 3.65. The maximum absolute atomic E-state index is 9.00. The van der Waals surface area contributed by atoms with Crippen LogP contribution in [-0.4, -0.2) is 11.1 Å². The lowest BCUT2D eigenvalue weighted by molar-refractivity contribution is -0.134. The predicted octanol–water partition coefficient (Wildman–Crippen LogP) is 2.32.